The molecule has 3 amide bonds. The molecule has 0 saturated heterocycles. The monoisotopic (exact) mass is 495 g/mol. The Morgan fingerprint density at radius 3 is 2.11 bits per heavy atom. The fraction of sp³-hybridized carbons (Fsp3) is 0.462. The Morgan fingerprint density at radius 1 is 1.03 bits per heavy atom. The van der Waals surface area contributed by atoms with Gasteiger partial charge in [-0.25, -0.2) is 4.39 Å². The van der Waals surface area contributed by atoms with Gasteiger partial charge in [0.2, 0.25) is 17.7 Å². The van der Waals surface area contributed by atoms with Gasteiger partial charge >= 0.3 is 18.9 Å². The molecule has 36 heavy (non-hydrogen) atoms. The Hall–Kier alpha value is -2.76. The number of rotatable bonds is 13. The third-order valence-corrected chi connectivity index (χ3v) is 4.84. The van der Waals surface area contributed by atoms with Crippen LogP contribution in [0.1, 0.15) is 58.9 Å². The first-order valence-electron chi connectivity index (χ1n) is 11.5. The van der Waals surface area contributed by atoms with Crippen LogP contribution in [-0.2, 0) is 30.4 Å². The molecule has 2 atom stereocenters. The average Bonchev–Trinajstić information content (AvgIpc) is 2.81. The standard InChI is InChI=1S/C22H33FN3O3.C4H2O2.Li/c1-6-8-9-10-19(27)26-20(14(3)4)22(29)24-15(5)21(28)25-17-12-11-16(7-2)18(23)13-17;5-3-1-2-4-6;/h11-15,20H,1,6-10H2,2-5H3,(H,24,29)(H,25,28)(H,26,27);1-2H;/q-1;-2;+1/b;2-1-;/t15-,20-;;/m0../s1. The number of aryl methyl sites for hydroxylation is 1. The number of allylic oxidation sites excluding steroid dienone is 2. The zero-order valence-electron chi connectivity index (χ0n) is 21.8. The summed E-state index contributed by atoms with van der Waals surface area (Å²) in [6.45, 7) is 10.8. The maximum absolute atomic E-state index is 13.9. The van der Waals surface area contributed by atoms with E-state index in [9.17, 15) is 28.4 Å². The summed E-state index contributed by atoms with van der Waals surface area (Å²) < 4.78 is 13.9. The van der Waals surface area contributed by atoms with Crippen molar-refractivity contribution in [3.05, 3.63) is 48.7 Å². The number of hydrogen-bond acceptors (Lipinski definition) is 5. The SMILES string of the molecule is O=[C-]/C=C\[C-]=O.[CH2-]CCCCC(=O)N[C@H](C(=O)N[C@@H](C)C(=O)Nc1ccc(CC)c(F)c1)C(C)C.[Li+]. The molecule has 1 aromatic carbocycles. The van der Waals surface area contributed by atoms with Crippen LogP contribution in [0.5, 0.6) is 0 Å². The van der Waals surface area contributed by atoms with Gasteiger partial charge in [0.15, 0.2) is 0 Å². The molecule has 0 unspecified atom stereocenters. The van der Waals surface area contributed by atoms with Crippen molar-refractivity contribution in [3.8, 4) is 0 Å². The second-order valence-corrected chi connectivity index (χ2v) is 8.05. The maximum atomic E-state index is 13.9. The van der Waals surface area contributed by atoms with Crippen LogP contribution >= 0.6 is 0 Å². The maximum Gasteiger partial charge on any atom is 1.00 e. The van der Waals surface area contributed by atoms with E-state index in [1.165, 1.54) is 25.6 Å². The average molecular weight is 496 g/mol. The second-order valence-electron chi connectivity index (χ2n) is 8.05. The summed E-state index contributed by atoms with van der Waals surface area (Å²) in [5.74, 6) is -1.62. The van der Waals surface area contributed by atoms with Gasteiger partial charge in [-0.05, 0) is 43.4 Å². The normalized spacial score (nSPS) is 11.9. The number of carbonyl (C=O) groups is 3. The van der Waals surface area contributed by atoms with E-state index in [0.717, 1.165) is 25.0 Å². The van der Waals surface area contributed by atoms with Crippen molar-refractivity contribution in [1.29, 1.82) is 0 Å². The van der Waals surface area contributed by atoms with E-state index >= 15 is 0 Å². The largest absolute Gasteiger partial charge is 1.00 e. The van der Waals surface area contributed by atoms with Crippen LogP contribution in [0.25, 0.3) is 0 Å². The fourth-order valence-electron chi connectivity index (χ4n) is 2.84. The molecule has 1 aromatic rings. The topological polar surface area (TPSA) is 121 Å². The number of anilines is 1. The zero-order valence-corrected chi connectivity index (χ0v) is 21.8. The molecule has 0 radical (unpaired) electrons. The van der Waals surface area contributed by atoms with Crippen LogP contribution in [-0.4, -0.2) is 42.4 Å². The summed E-state index contributed by atoms with van der Waals surface area (Å²) in [4.78, 5) is 55.3. The van der Waals surface area contributed by atoms with Gasteiger partial charge in [0.1, 0.15) is 17.9 Å². The van der Waals surface area contributed by atoms with Crippen LogP contribution in [0.4, 0.5) is 10.1 Å². The van der Waals surface area contributed by atoms with E-state index in [0.29, 0.717) is 30.5 Å². The molecule has 0 aliphatic rings. The van der Waals surface area contributed by atoms with Crippen molar-refractivity contribution in [2.45, 2.75) is 71.9 Å². The molecule has 1 rings (SSSR count). The Kier molecular flexibility index (Phi) is 20.1. The Labute approximate surface area is 225 Å². The van der Waals surface area contributed by atoms with Gasteiger partial charge in [0.05, 0.1) is 0 Å². The number of benzene rings is 1. The van der Waals surface area contributed by atoms with Gasteiger partial charge in [-0.3, -0.25) is 14.4 Å². The first-order chi connectivity index (χ1) is 16.6. The summed E-state index contributed by atoms with van der Waals surface area (Å²) >= 11 is 0. The van der Waals surface area contributed by atoms with E-state index in [4.69, 9.17) is 0 Å². The van der Waals surface area contributed by atoms with Gasteiger partial charge < -0.3 is 44.6 Å². The smallest absolute Gasteiger partial charge is 0.440 e. The molecule has 0 saturated carbocycles. The van der Waals surface area contributed by atoms with Crippen molar-refractivity contribution in [2.24, 2.45) is 5.92 Å². The number of halogens is 1. The predicted octanol–water partition coefficient (Wildman–Crippen LogP) is 0.133. The molecular weight excluding hydrogens is 460 g/mol. The van der Waals surface area contributed by atoms with Gasteiger partial charge in [-0.1, -0.05) is 33.3 Å². The summed E-state index contributed by atoms with van der Waals surface area (Å²) in [7, 11) is 0. The first-order valence-corrected chi connectivity index (χ1v) is 11.5. The van der Waals surface area contributed by atoms with Crippen LogP contribution < -0.4 is 34.8 Å². The molecule has 0 fully saturated rings. The Morgan fingerprint density at radius 2 is 1.64 bits per heavy atom. The van der Waals surface area contributed by atoms with E-state index in [1.807, 2.05) is 20.8 Å². The fourth-order valence-corrected chi connectivity index (χ4v) is 2.84. The van der Waals surface area contributed by atoms with E-state index in [1.54, 1.807) is 12.1 Å². The van der Waals surface area contributed by atoms with Crippen LogP contribution in [0.2, 0.25) is 0 Å². The third kappa shape index (κ3) is 14.6. The van der Waals surface area contributed by atoms with Crippen molar-refractivity contribution in [3.63, 3.8) is 0 Å². The molecule has 3 N–H and O–H groups in total. The first kappa shape index (κ1) is 35.4. The van der Waals surface area contributed by atoms with Crippen molar-refractivity contribution < 1.29 is 47.2 Å². The number of hydrogen-bond donors (Lipinski definition) is 3. The second kappa shape index (κ2) is 20.4. The molecule has 194 valence electrons. The number of unbranched alkanes of at least 4 members (excludes halogenated alkanes) is 2. The minimum atomic E-state index is -0.847. The molecule has 0 heterocycles. The van der Waals surface area contributed by atoms with Crippen LogP contribution in [0.15, 0.2) is 30.4 Å². The third-order valence-electron chi connectivity index (χ3n) is 4.84. The number of carbonyl (C=O) groups excluding carboxylic acids is 5. The van der Waals surface area contributed by atoms with Crippen molar-refractivity contribution >= 4 is 36.0 Å². The van der Waals surface area contributed by atoms with E-state index in [-0.39, 0.29) is 36.5 Å². The quantitative estimate of drug-likeness (QED) is 0.156. The molecular formula is C26H35FLiN3O5-2. The molecule has 0 aliphatic heterocycles. The molecule has 0 aromatic heterocycles. The number of nitrogens with one attached hydrogen (secondary N) is 3. The minimum absolute atomic E-state index is 0. The summed E-state index contributed by atoms with van der Waals surface area (Å²) in [5, 5.41) is 7.95. The number of amides is 3. The summed E-state index contributed by atoms with van der Waals surface area (Å²) in [6.07, 6.45) is 7.88. The Bertz CT molecular complexity index is 867. The molecule has 0 spiro atoms. The summed E-state index contributed by atoms with van der Waals surface area (Å²) in [6, 6.07) is 2.91. The van der Waals surface area contributed by atoms with Crippen LogP contribution in [0, 0.1) is 18.7 Å². The van der Waals surface area contributed by atoms with Crippen LogP contribution in [0.3, 0.4) is 0 Å². The Balaban J connectivity index is 0. The van der Waals surface area contributed by atoms with Gasteiger partial charge in [0, 0.05) is 12.1 Å². The van der Waals surface area contributed by atoms with E-state index < -0.39 is 23.9 Å². The van der Waals surface area contributed by atoms with Gasteiger partial charge in [-0.15, -0.1) is 12.6 Å². The molecule has 0 aliphatic carbocycles. The van der Waals surface area contributed by atoms with Crippen molar-refractivity contribution in [1.82, 2.24) is 10.6 Å². The van der Waals surface area contributed by atoms with Crippen molar-refractivity contribution in [2.75, 3.05) is 5.32 Å². The van der Waals surface area contributed by atoms with E-state index in [2.05, 4.69) is 22.9 Å². The molecule has 10 heteroatoms. The minimum Gasteiger partial charge on any atom is -0.440 e. The van der Waals surface area contributed by atoms with Gasteiger partial charge in [0.25, 0.3) is 0 Å². The summed E-state index contributed by atoms with van der Waals surface area (Å²) in [5.41, 5.74) is 0.889. The molecule has 8 nitrogen and oxygen atoms in total. The molecule has 0 bridgehead atoms. The zero-order chi connectivity index (χ0) is 26.8. The predicted molar refractivity (Wildman–Crippen MR) is 133 cm³/mol. The van der Waals surface area contributed by atoms with Gasteiger partial charge in [-0.2, -0.15) is 6.42 Å².